The van der Waals surface area contributed by atoms with Crippen LogP contribution in [-0.4, -0.2) is 67.1 Å². The second kappa shape index (κ2) is 7.63. The zero-order valence-electron chi connectivity index (χ0n) is 17.9. The van der Waals surface area contributed by atoms with Gasteiger partial charge in [0.05, 0.1) is 18.6 Å². The lowest BCUT2D eigenvalue weighted by Crippen LogP contribution is -2.70. The van der Waals surface area contributed by atoms with Crippen molar-refractivity contribution in [2.45, 2.75) is 63.1 Å². The number of carbonyl (C=O) groups excluding carboxylic acids is 2. The lowest BCUT2D eigenvalue weighted by Gasteiger charge is -2.53. The number of carbonyl (C=O) groups is 2. The predicted molar refractivity (Wildman–Crippen MR) is 110 cm³/mol. The highest BCUT2D eigenvalue weighted by atomic mass is 16.5. The predicted octanol–water partition coefficient (Wildman–Crippen LogP) is 2.60. The summed E-state index contributed by atoms with van der Waals surface area (Å²) in [5, 5.41) is 0. The average molecular weight is 401 g/mol. The maximum atomic E-state index is 13.3. The number of β-lactam (4-membered cyclic amide) rings is 1. The number of nitrogens with zero attached hydrogens (tertiary/aromatic N) is 2. The van der Waals surface area contributed by atoms with Gasteiger partial charge in [-0.25, -0.2) is 0 Å². The van der Waals surface area contributed by atoms with Crippen molar-refractivity contribution in [1.29, 1.82) is 0 Å². The zero-order chi connectivity index (χ0) is 20.8. The van der Waals surface area contributed by atoms with Crippen LogP contribution in [0.4, 0.5) is 0 Å². The minimum atomic E-state index is -0.343. The third kappa shape index (κ3) is 3.31. The summed E-state index contributed by atoms with van der Waals surface area (Å²) < 4.78 is 10.7. The molecule has 1 saturated carbocycles. The standard InChI is InChI=1S/C23H32N2O4/c1-15(2)25-19(20(29-4)21(25)26)16-9-13-24(14-10-16)22(27)23(11-12-23)17-5-7-18(28-3)8-6-17/h5-8,15-16,19-20H,9-14H2,1-4H3/t19-,20+/m0/s1. The van der Waals surface area contributed by atoms with Crippen molar-refractivity contribution in [2.24, 2.45) is 5.92 Å². The Balaban J connectivity index is 1.40. The summed E-state index contributed by atoms with van der Waals surface area (Å²) in [5.41, 5.74) is 0.755. The van der Waals surface area contributed by atoms with Crippen LogP contribution in [0.25, 0.3) is 0 Å². The number of rotatable bonds is 6. The first kappa shape index (κ1) is 20.2. The van der Waals surface area contributed by atoms with Crippen LogP contribution in [0.15, 0.2) is 24.3 Å². The average Bonchev–Trinajstić information content (AvgIpc) is 3.53. The molecule has 2 atom stereocenters. The molecule has 3 fully saturated rings. The number of hydrogen-bond donors (Lipinski definition) is 0. The number of piperidine rings is 1. The Morgan fingerprint density at radius 1 is 1.10 bits per heavy atom. The maximum absolute atomic E-state index is 13.3. The SMILES string of the molecule is COc1ccc(C2(C(=O)N3CCC([C@H]4[C@@H](OC)C(=O)N4C(C)C)CC3)CC2)cc1. The van der Waals surface area contributed by atoms with E-state index in [9.17, 15) is 9.59 Å². The Hall–Kier alpha value is -2.08. The Bertz CT molecular complexity index is 764. The quantitative estimate of drug-likeness (QED) is 0.689. The number of amides is 2. The smallest absolute Gasteiger partial charge is 0.254 e. The number of hydrogen-bond acceptors (Lipinski definition) is 4. The molecule has 4 rings (SSSR count). The lowest BCUT2D eigenvalue weighted by molar-refractivity contribution is -0.182. The summed E-state index contributed by atoms with van der Waals surface area (Å²) in [6.45, 7) is 5.63. The third-order valence-electron chi connectivity index (χ3n) is 7.05. The largest absolute Gasteiger partial charge is 0.497 e. The molecule has 0 spiro atoms. The van der Waals surface area contributed by atoms with Crippen molar-refractivity contribution in [1.82, 2.24) is 9.80 Å². The van der Waals surface area contributed by atoms with E-state index >= 15 is 0 Å². The zero-order valence-corrected chi connectivity index (χ0v) is 17.9. The summed E-state index contributed by atoms with van der Waals surface area (Å²) in [7, 11) is 3.28. The van der Waals surface area contributed by atoms with Gasteiger partial charge in [-0.1, -0.05) is 12.1 Å². The van der Waals surface area contributed by atoms with E-state index < -0.39 is 0 Å². The molecule has 1 aromatic carbocycles. The molecular formula is C23H32N2O4. The molecule has 6 nitrogen and oxygen atoms in total. The Kier molecular flexibility index (Phi) is 5.32. The van der Waals surface area contributed by atoms with Crippen LogP contribution in [0, 0.1) is 5.92 Å². The van der Waals surface area contributed by atoms with Gasteiger partial charge < -0.3 is 19.3 Å². The van der Waals surface area contributed by atoms with Crippen molar-refractivity contribution >= 4 is 11.8 Å². The third-order valence-corrected chi connectivity index (χ3v) is 7.05. The Morgan fingerprint density at radius 2 is 1.72 bits per heavy atom. The van der Waals surface area contributed by atoms with Gasteiger partial charge in [0, 0.05) is 26.2 Å². The molecule has 2 heterocycles. The van der Waals surface area contributed by atoms with Gasteiger partial charge in [-0.2, -0.15) is 0 Å². The van der Waals surface area contributed by atoms with Gasteiger partial charge in [0.15, 0.2) is 6.10 Å². The highest BCUT2D eigenvalue weighted by molar-refractivity contribution is 5.91. The normalized spacial score (nSPS) is 26.4. The van der Waals surface area contributed by atoms with E-state index in [1.165, 1.54) is 0 Å². The summed E-state index contributed by atoms with van der Waals surface area (Å²) >= 11 is 0. The molecule has 3 aliphatic rings. The first-order valence-electron chi connectivity index (χ1n) is 10.7. The van der Waals surface area contributed by atoms with E-state index in [4.69, 9.17) is 9.47 Å². The topological polar surface area (TPSA) is 59.1 Å². The molecule has 0 unspecified atom stereocenters. The fraction of sp³-hybridized carbons (Fsp3) is 0.652. The van der Waals surface area contributed by atoms with Crippen molar-refractivity contribution in [3.63, 3.8) is 0 Å². The lowest BCUT2D eigenvalue weighted by atomic mass is 9.78. The molecular weight excluding hydrogens is 368 g/mol. The van der Waals surface area contributed by atoms with E-state index in [2.05, 4.69) is 13.8 Å². The van der Waals surface area contributed by atoms with Crippen LogP contribution in [0.3, 0.4) is 0 Å². The fourth-order valence-electron chi connectivity index (χ4n) is 5.22. The van der Waals surface area contributed by atoms with E-state index in [0.29, 0.717) is 5.92 Å². The molecule has 0 N–H and O–H groups in total. The molecule has 1 aromatic rings. The molecule has 6 heteroatoms. The summed E-state index contributed by atoms with van der Waals surface area (Å²) in [5.74, 6) is 1.56. The van der Waals surface area contributed by atoms with Gasteiger partial charge in [0.1, 0.15) is 5.75 Å². The Labute approximate surface area is 173 Å². The number of benzene rings is 1. The van der Waals surface area contributed by atoms with Gasteiger partial charge in [-0.05, 0) is 63.1 Å². The molecule has 2 aliphatic heterocycles. The molecule has 0 bridgehead atoms. The minimum Gasteiger partial charge on any atom is -0.497 e. The van der Waals surface area contributed by atoms with Crippen molar-refractivity contribution < 1.29 is 19.1 Å². The van der Waals surface area contributed by atoms with E-state index in [0.717, 1.165) is 50.1 Å². The molecule has 29 heavy (non-hydrogen) atoms. The van der Waals surface area contributed by atoms with Gasteiger partial charge >= 0.3 is 0 Å². The summed E-state index contributed by atoms with van der Waals surface area (Å²) in [6, 6.07) is 8.26. The van der Waals surface area contributed by atoms with Crippen LogP contribution >= 0.6 is 0 Å². The fourth-order valence-corrected chi connectivity index (χ4v) is 5.22. The molecule has 0 aromatic heterocycles. The van der Waals surface area contributed by atoms with E-state index in [-0.39, 0.29) is 35.4 Å². The van der Waals surface area contributed by atoms with E-state index in [1.54, 1.807) is 14.2 Å². The molecule has 0 radical (unpaired) electrons. The van der Waals surface area contributed by atoms with Crippen molar-refractivity contribution in [3.05, 3.63) is 29.8 Å². The molecule has 158 valence electrons. The first-order chi connectivity index (χ1) is 13.9. The summed E-state index contributed by atoms with van der Waals surface area (Å²) in [6.07, 6.45) is 3.36. The maximum Gasteiger partial charge on any atom is 0.254 e. The monoisotopic (exact) mass is 400 g/mol. The molecule has 1 aliphatic carbocycles. The first-order valence-corrected chi connectivity index (χ1v) is 10.7. The molecule has 2 saturated heterocycles. The van der Waals surface area contributed by atoms with Crippen molar-refractivity contribution in [2.75, 3.05) is 27.3 Å². The van der Waals surface area contributed by atoms with Crippen LogP contribution in [-0.2, 0) is 19.7 Å². The van der Waals surface area contributed by atoms with Crippen LogP contribution < -0.4 is 4.74 Å². The van der Waals surface area contributed by atoms with Crippen LogP contribution in [0.1, 0.15) is 45.1 Å². The van der Waals surface area contributed by atoms with Crippen LogP contribution in [0.2, 0.25) is 0 Å². The highest BCUT2D eigenvalue weighted by Crippen LogP contribution is 2.50. The van der Waals surface area contributed by atoms with Crippen LogP contribution in [0.5, 0.6) is 5.75 Å². The number of likely N-dealkylation sites (tertiary alicyclic amines) is 2. The second-order valence-corrected chi connectivity index (χ2v) is 8.93. The summed E-state index contributed by atoms with van der Waals surface area (Å²) in [4.78, 5) is 29.7. The molecule has 2 amide bonds. The van der Waals surface area contributed by atoms with Gasteiger partial charge in [0.25, 0.3) is 5.91 Å². The second-order valence-electron chi connectivity index (χ2n) is 8.93. The van der Waals surface area contributed by atoms with Gasteiger partial charge in [-0.15, -0.1) is 0 Å². The van der Waals surface area contributed by atoms with Gasteiger partial charge in [-0.3, -0.25) is 9.59 Å². The van der Waals surface area contributed by atoms with Gasteiger partial charge in [0.2, 0.25) is 5.91 Å². The highest BCUT2D eigenvalue weighted by Gasteiger charge is 2.55. The van der Waals surface area contributed by atoms with Crippen molar-refractivity contribution in [3.8, 4) is 5.75 Å². The Morgan fingerprint density at radius 3 is 2.21 bits per heavy atom. The van der Waals surface area contributed by atoms with E-state index in [1.807, 2.05) is 34.1 Å². The number of ether oxygens (including phenoxy) is 2. The minimum absolute atomic E-state index is 0.0995. The number of methoxy groups -OCH3 is 2.